The molecule has 4 aliphatic rings. The predicted molar refractivity (Wildman–Crippen MR) is 116 cm³/mol. The minimum Gasteiger partial charge on any atom is -0.297 e. The van der Waals surface area contributed by atoms with Crippen molar-refractivity contribution in [2.45, 2.75) is 70.0 Å². The third-order valence-corrected chi connectivity index (χ3v) is 7.23. The van der Waals surface area contributed by atoms with Crippen LogP contribution in [0.1, 0.15) is 67.8 Å². The molecule has 2 aromatic rings. The molecule has 0 N–H and O–H groups in total. The highest BCUT2D eigenvalue weighted by atomic mass is 15.3. The maximum atomic E-state index is 4.78. The summed E-state index contributed by atoms with van der Waals surface area (Å²) in [6.07, 6.45) is 13.5. The summed E-state index contributed by atoms with van der Waals surface area (Å²) in [5.74, 6) is 2.47. The molecule has 0 amide bonds. The quantitative estimate of drug-likeness (QED) is 0.746. The molecule has 6 rings (SSSR count). The van der Waals surface area contributed by atoms with Gasteiger partial charge in [0.1, 0.15) is 5.82 Å². The Bertz CT molecular complexity index is 769. The maximum absolute atomic E-state index is 4.78. The van der Waals surface area contributed by atoms with Gasteiger partial charge in [-0.2, -0.15) is 0 Å². The highest BCUT2D eigenvalue weighted by Crippen LogP contribution is 2.32. The number of piperidine rings is 1. The Morgan fingerprint density at radius 2 is 1.55 bits per heavy atom. The summed E-state index contributed by atoms with van der Waals surface area (Å²) >= 11 is 0. The molecule has 1 aliphatic carbocycles. The average Bonchev–Trinajstić information content (AvgIpc) is 3.06. The molecule has 0 unspecified atom stereocenters. The zero-order chi connectivity index (χ0) is 19.5. The number of aromatic nitrogens is 2. The molecule has 1 aromatic carbocycles. The van der Waals surface area contributed by atoms with E-state index in [1.165, 1.54) is 75.7 Å². The van der Waals surface area contributed by atoms with E-state index in [0.29, 0.717) is 12.0 Å². The zero-order valence-electron chi connectivity index (χ0n) is 17.5. The monoisotopic (exact) mass is 390 g/mol. The molecular formula is C25H34N4. The lowest BCUT2D eigenvalue weighted by molar-refractivity contribution is 0.123. The van der Waals surface area contributed by atoms with Crippen molar-refractivity contribution in [1.82, 2.24) is 19.8 Å². The van der Waals surface area contributed by atoms with Gasteiger partial charge in [0.2, 0.25) is 0 Å². The fourth-order valence-electron chi connectivity index (χ4n) is 5.69. The minimum atomic E-state index is 0.596. The van der Waals surface area contributed by atoms with Crippen LogP contribution in [0.15, 0.2) is 42.7 Å². The third kappa shape index (κ3) is 4.70. The van der Waals surface area contributed by atoms with Crippen molar-refractivity contribution in [3.63, 3.8) is 0 Å². The first kappa shape index (κ1) is 19.2. The molecule has 0 spiro atoms. The van der Waals surface area contributed by atoms with Crippen molar-refractivity contribution >= 4 is 0 Å². The molecule has 3 saturated heterocycles. The van der Waals surface area contributed by atoms with E-state index in [4.69, 9.17) is 9.97 Å². The Hall–Kier alpha value is -1.78. The van der Waals surface area contributed by atoms with Gasteiger partial charge in [0, 0.05) is 62.6 Å². The normalized spacial score (nSPS) is 26.5. The van der Waals surface area contributed by atoms with Crippen LogP contribution in [0, 0.1) is 5.92 Å². The number of benzene rings is 1. The summed E-state index contributed by atoms with van der Waals surface area (Å²) in [5, 5.41) is 0. The van der Waals surface area contributed by atoms with Crippen molar-refractivity contribution in [3.8, 4) is 0 Å². The number of nitrogens with zero attached hydrogens (tertiary/aromatic N) is 4. The van der Waals surface area contributed by atoms with E-state index in [1.807, 2.05) is 0 Å². The van der Waals surface area contributed by atoms with Gasteiger partial charge in [-0.3, -0.25) is 9.80 Å². The number of fused-ring (bicyclic) bond motifs is 4. The smallest absolute Gasteiger partial charge is 0.131 e. The second-order valence-corrected chi connectivity index (χ2v) is 9.49. The van der Waals surface area contributed by atoms with E-state index in [1.54, 1.807) is 0 Å². The van der Waals surface area contributed by atoms with Gasteiger partial charge in [0.15, 0.2) is 0 Å². The van der Waals surface area contributed by atoms with Crippen molar-refractivity contribution in [1.29, 1.82) is 0 Å². The van der Waals surface area contributed by atoms with E-state index in [0.717, 1.165) is 24.8 Å². The first-order valence-electron chi connectivity index (χ1n) is 11.6. The van der Waals surface area contributed by atoms with Gasteiger partial charge in [0.05, 0.1) is 0 Å². The standard InChI is InChI=1S/C25H34N4/c1-3-7-20(8-4-1)15-28-16-21-11-12-24(19-28)29(17-21)18-22-13-26-25(27-14-22)23-9-5-2-6-10-23/h1,3-4,7-8,13-14,21,23-24H,2,5-6,9-12,15-19H2/t21-,24+/m0/s1. The largest absolute Gasteiger partial charge is 0.297 e. The second kappa shape index (κ2) is 8.93. The van der Waals surface area contributed by atoms with Gasteiger partial charge in [-0.25, -0.2) is 9.97 Å². The van der Waals surface area contributed by atoms with E-state index >= 15 is 0 Å². The third-order valence-electron chi connectivity index (χ3n) is 7.23. The molecule has 29 heavy (non-hydrogen) atoms. The SMILES string of the molecule is c1ccc(CN2C[C@@H]3CC[C@H](C2)N(Cc2cnc(C4CCCCC4)nc2)C3)cc1. The summed E-state index contributed by atoms with van der Waals surface area (Å²) < 4.78 is 0. The van der Waals surface area contributed by atoms with Crippen LogP contribution in [0.5, 0.6) is 0 Å². The Labute approximate surface area is 175 Å². The number of hydrogen-bond donors (Lipinski definition) is 0. The van der Waals surface area contributed by atoms with Gasteiger partial charge in [-0.05, 0) is 37.2 Å². The van der Waals surface area contributed by atoms with Crippen LogP contribution in [-0.2, 0) is 13.1 Å². The molecule has 2 bridgehead atoms. The molecule has 154 valence electrons. The fraction of sp³-hybridized carbons (Fsp3) is 0.600. The molecule has 4 heteroatoms. The lowest BCUT2D eigenvalue weighted by Gasteiger charge is -2.36. The molecule has 3 aliphatic heterocycles. The lowest BCUT2D eigenvalue weighted by Crippen LogP contribution is -2.43. The summed E-state index contributed by atoms with van der Waals surface area (Å²) in [5.41, 5.74) is 2.72. The Balaban J connectivity index is 1.22. The van der Waals surface area contributed by atoms with Crippen LogP contribution in [-0.4, -0.2) is 45.4 Å². The van der Waals surface area contributed by atoms with Crippen molar-refractivity contribution in [2.75, 3.05) is 19.6 Å². The zero-order valence-corrected chi connectivity index (χ0v) is 17.5. The van der Waals surface area contributed by atoms with E-state index in [-0.39, 0.29) is 0 Å². The van der Waals surface area contributed by atoms with E-state index in [9.17, 15) is 0 Å². The molecule has 4 heterocycles. The average molecular weight is 391 g/mol. The molecule has 1 saturated carbocycles. The lowest BCUT2D eigenvalue weighted by atomic mass is 9.89. The first-order valence-corrected chi connectivity index (χ1v) is 11.6. The van der Waals surface area contributed by atoms with Gasteiger partial charge in [-0.1, -0.05) is 49.6 Å². The molecular weight excluding hydrogens is 356 g/mol. The van der Waals surface area contributed by atoms with Crippen LogP contribution >= 0.6 is 0 Å². The predicted octanol–water partition coefficient (Wildman–Crippen LogP) is 4.62. The van der Waals surface area contributed by atoms with Crippen LogP contribution in [0.2, 0.25) is 0 Å². The number of rotatable bonds is 5. The Morgan fingerprint density at radius 1 is 0.759 bits per heavy atom. The fourth-order valence-corrected chi connectivity index (χ4v) is 5.69. The topological polar surface area (TPSA) is 32.3 Å². The molecule has 2 atom stereocenters. The summed E-state index contributed by atoms with van der Waals surface area (Å²) in [6.45, 7) is 5.73. The summed E-state index contributed by atoms with van der Waals surface area (Å²) in [4.78, 5) is 14.9. The van der Waals surface area contributed by atoms with Crippen LogP contribution in [0.4, 0.5) is 0 Å². The maximum Gasteiger partial charge on any atom is 0.131 e. The minimum absolute atomic E-state index is 0.596. The van der Waals surface area contributed by atoms with Gasteiger partial charge >= 0.3 is 0 Å². The van der Waals surface area contributed by atoms with Crippen LogP contribution in [0.3, 0.4) is 0 Å². The summed E-state index contributed by atoms with van der Waals surface area (Å²) in [6, 6.07) is 11.6. The van der Waals surface area contributed by atoms with Gasteiger partial charge in [-0.15, -0.1) is 0 Å². The summed E-state index contributed by atoms with van der Waals surface area (Å²) in [7, 11) is 0. The molecule has 0 radical (unpaired) electrons. The van der Waals surface area contributed by atoms with Crippen LogP contribution < -0.4 is 0 Å². The van der Waals surface area contributed by atoms with E-state index < -0.39 is 0 Å². The highest BCUT2D eigenvalue weighted by molar-refractivity contribution is 5.15. The Morgan fingerprint density at radius 3 is 2.34 bits per heavy atom. The molecule has 4 nitrogen and oxygen atoms in total. The molecule has 4 fully saturated rings. The second-order valence-electron chi connectivity index (χ2n) is 9.49. The van der Waals surface area contributed by atoms with Crippen molar-refractivity contribution < 1.29 is 0 Å². The molecule has 1 aromatic heterocycles. The van der Waals surface area contributed by atoms with Crippen LogP contribution in [0.25, 0.3) is 0 Å². The van der Waals surface area contributed by atoms with Gasteiger partial charge in [0.25, 0.3) is 0 Å². The van der Waals surface area contributed by atoms with Crippen molar-refractivity contribution in [3.05, 3.63) is 59.7 Å². The van der Waals surface area contributed by atoms with Gasteiger partial charge < -0.3 is 0 Å². The van der Waals surface area contributed by atoms with E-state index in [2.05, 4.69) is 52.5 Å². The number of hydrogen-bond acceptors (Lipinski definition) is 4. The van der Waals surface area contributed by atoms with Crippen molar-refractivity contribution in [2.24, 2.45) is 5.92 Å². The Kier molecular flexibility index (Phi) is 5.91. The highest BCUT2D eigenvalue weighted by Gasteiger charge is 2.34. The first-order chi connectivity index (χ1) is 14.3.